The van der Waals surface area contributed by atoms with Gasteiger partial charge in [0, 0.05) is 19.1 Å². The van der Waals surface area contributed by atoms with Crippen molar-refractivity contribution in [2.45, 2.75) is 53.5 Å². The van der Waals surface area contributed by atoms with Gasteiger partial charge in [0.1, 0.15) is 0 Å². The van der Waals surface area contributed by atoms with E-state index in [1.165, 1.54) is 5.57 Å². The number of rotatable bonds is 1. The summed E-state index contributed by atoms with van der Waals surface area (Å²) in [7, 11) is 0. The Balaban J connectivity index is 2.24. The van der Waals surface area contributed by atoms with Crippen molar-refractivity contribution in [3.05, 3.63) is 11.6 Å². The fourth-order valence-corrected chi connectivity index (χ4v) is 3.81. The van der Waals surface area contributed by atoms with Crippen LogP contribution in [0.4, 0.5) is 0 Å². The molecule has 0 bridgehead atoms. The van der Waals surface area contributed by atoms with Crippen LogP contribution in [0, 0.1) is 17.8 Å². The quantitative estimate of drug-likeness (QED) is 0.656. The van der Waals surface area contributed by atoms with Crippen molar-refractivity contribution in [1.29, 1.82) is 0 Å². The molecule has 0 fully saturated rings. The second kappa shape index (κ2) is 4.87. The van der Waals surface area contributed by atoms with Crippen LogP contribution in [-0.2, 0) is 4.79 Å². The van der Waals surface area contributed by atoms with E-state index >= 15 is 0 Å². The van der Waals surface area contributed by atoms with E-state index in [0.29, 0.717) is 17.8 Å². The summed E-state index contributed by atoms with van der Waals surface area (Å²) in [6, 6.07) is 0.261. The predicted molar refractivity (Wildman–Crippen MR) is 74.2 cm³/mol. The van der Waals surface area contributed by atoms with Crippen molar-refractivity contribution in [1.82, 2.24) is 5.01 Å². The summed E-state index contributed by atoms with van der Waals surface area (Å²) in [4.78, 5) is 11.7. The van der Waals surface area contributed by atoms with Crippen molar-refractivity contribution in [2.75, 3.05) is 0 Å². The Labute approximate surface area is 110 Å². The zero-order chi connectivity index (χ0) is 13.4. The van der Waals surface area contributed by atoms with E-state index in [0.717, 1.165) is 18.6 Å². The Bertz CT molecular complexity index is 411. The van der Waals surface area contributed by atoms with Crippen LogP contribution >= 0.6 is 0 Å². The maximum absolute atomic E-state index is 11.7. The number of allylic oxidation sites excluding steroid dienone is 2. The lowest BCUT2D eigenvalue weighted by Gasteiger charge is -2.39. The molecular weight excluding hydrogens is 224 g/mol. The molecule has 18 heavy (non-hydrogen) atoms. The smallest absolute Gasteiger partial charge is 0.239 e. The number of carbonyl (C=O) groups excluding carboxylic acids is 1. The van der Waals surface area contributed by atoms with Crippen LogP contribution in [0.1, 0.15) is 47.5 Å². The first kappa shape index (κ1) is 13.3. The molecule has 0 spiro atoms. The number of carbonyl (C=O) groups is 1. The molecule has 100 valence electrons. The van der Waals surface area contributed by atoms with E-state index in [1.807, 2.05) is 6.92 Å². The zero-order valence-corrected chi connectivity index (χ0v) is 12.1. The predicted octanol–water partition coefficient (Wildman–Crippen LogP) is 3.22. The zero-order valence-electron chi connectivity index (χ0n) is 12.1. The van der Waals surface area contributed by atoms with Crippen LogP contribution in [0.25, 0.3) is 0 Å². The Morgan fingerprint density at radius 3 is 2.56 bits per heavy atom. The van der Waals surface area contributed by atoms with E-state index < -0.39 is 0 Å². The van der Waals surface area contributed by atoms with Crippen LogP contribution in [0.3, 0.4) is 0 Å². The molecule has 1 aliphatic carbocycles. The third-order valence-electron chi connectivity index (χ3n) is 4.32. The van der Waals surface area contributed by atoms with Crippen molar-refractivity contribution in [3.8, 4) is 0 Å². The average molecular weight is 248 g/mol. The van der Waals surface area contributed by atoms with E-state index in [4.69, 9.17) is 0 Å². The van der Waals surface area contributed by atoms with E-state index in [9.17, 15) is 4.79 Å². The molecule has 0 N–H and O–H groups in total. The van der Waals surface area contributed by atoms with Crippen molar-refractivity contribution >= 4 is 11.6 Å². The largest absolute Gasteiger partial charge is 0.273 e. The minimum atomic E-state index is 0.0718. The first-order valence-electron chi connectivity index (χ1n) is 6.91. The fourth-order valence-electron chi connectivity index (χ4n) is 3.81. The highest BCUT2D eigenvalue weighted by Crippen LogP contribution is 2.40. The van der Waals surface area contributed by atoms with Crippen molar-refractivity contribution < 1.29 is 4.79 Å². The van der Waals surface area contributed by atoms with Gasteiger partial charge in [-0.15, -0.1) is 0 Å². The lowest BCUT2D eigenvalue weighted by molar-refractivity contribution is -0.132. The number of nitrogens with zero attached hydrogens (tertiary/aromatic N) is 2. The highest BCUT2D eigenvalue weighted by molar-refractivity contribution is 5.87. The Kier molecular flexibility index (Phi) is 3.60. The molecule has 0 saturated carbocycles. The summed E-state index contributed by atoms with van der Waals surface area (Å²) >= 11 is 0. The van der Waals surface area contributed by atoms with Crippen LogP contribution in [0.15, 0.2) is 16.8 Å². The monoisotopic (exact) mass is 248 g/mol. The lowest BCUT2D eigenvalue weighted by Crippen LogP contribution is -2.43. The van der Waals surface area contributed by atoms with Crippen LogP contribution in [-0.4, -0.2) is 22.7 Å². The van der Waals surface area contributed by atoms with Crippen molar-refractivity contribution in [2.24, 2.45) is 22.9 Å². The molecule has 2 rings (SSSR count). The van der Waals surface area contributed by atoms with Gasteiger partial charge in [-0.3, -0.25) is 4.79 Å². The molecule has 1 aliphatic heterocycles. The van der Waals surface area contributed by atoms with Gasteiger partial charge in [-0.1, -0.05) is 25.5 Å². The summed E-state index contributed by atoms with van der Waals surface area (Å²) < 4.78 is 0. The van der Waals surface area contributed by atoms with E-state index in [-0.39, 0.29) is 11.9 Å². The minimum absolute atomic E-state index is 0.0718. The summed E-state index contributed by atoms with van der Waals surface area (Å²) in [5, 5.41) is 6.14. The summed E-state index contributed by atoms with van der Waals surface area (Å²) in [5.74, 6) is 1.75. The molecule has 0 aromatic heterocycles. The van der Waals surface area contributed by atoms with Crippen LogP contribution in [0.5, 0.6) is 0 Å². The molecule has 0 radical (unpaired) electrons. The molecule has 1 amide bonds. The second-order valence-electron chi connectivity index (χ2n) is 6.10. The van der Waals surface area contributed by atoms with Gasteiger partial charge in [0.15, 0.2) is 0 Å². The van der Waals surface area contributed by atoms with Gasteiger partial charge in [0.25, 0.3) is 0 Å². The normalized spacial score (nSPS) is 36.4. The highest BCUT2D eigenvalue weighted by atomic mass is 16.2. The van der Waals surface area contributed by atoms with E-state index in [1.54, 1.807) is 11.9 Å². The molecule has 3 heteroatoms. The number of hydrazone groups is 1. The number of amides is 1. The number of hydrogen-bond acceptors (Lipinski definition) is 2. The maximum atomic E-state index is 11.7. The van der Waals surface area contributed by atoms with Crippen LogP contribution < -0.4 is 0 Å². The lowest BCUT2D eigenvalue weighted by atomic mass is 9.70. The Hall–Kier alpha value is -1.12. The van der Waals surface area contributed by atoms with Gasteiger partial charge in [-0.2, -0.15) is 5.10 Å². The highest BCUT2D eigenvalue weighted by Gasteiger charge is 2.40. The van der Waals surface area contributed by atoms with Gasteiger partial charge >= 0.3 is 0 Å². The summed E-state index contributed by atoms with van der Waals surface area (Å²) in [6.07, 6.45) is 4.46. The van der Waals surface area contributed by atoms with Gasteiger partial charge in [-0.05, 0) is 38.0 Å². The summed E-state index contributed by atoms with van der Waals surface area (Å²) in [6.45, 7) is 10.4. The minimum Gasteiger partial charge on any atom is -0.273 e. The Morgan fingerprint density at radius 1 is 1.33 bits per heavy atom. The van der Waals surface area contributed by atoms with Gasteiger partial charge in [0.05, 0.1) is 6.04 Å². The third-order valence-corrected chi connectivity index (χ3v) is 4.32. The first-order chi connectivity index (χ1) is 8.40. The van der Waals surface area contributed by atoms with Gasteiger partial charge < -0.3 is 0 Å². The average Bonchev–Trinajstić information content (AvgIpc) is 2.58. The number of hydrogen-bond donors (Lipinski definition) is 0. The van der Waals surface area contributed by atoms with E-state index in [2.05, 4.69) is 31.9 Å². The molecule has 1 heterocycles. The molecule has 2 aliphatic rings. The van der Waals surface area contributed by atoms with Crippen molar-refractivity contribution in [3.63, 3.8) is 0 Å². The van der Waals surface area contributed by atoms with Crippen LogP contribution in [0.2, 0.25) is 0 Å². The topological polar surface area (TPSA) is 32.7 Å². The standard InChI is InChI=1S/C15H24N2O/c1-9-6-10(2)15(11(3)7-9)14-8-12(4)16-17(14)13(5)18/h6,10-11,14-15H,7-8H2,1-5H3/t10-,11+,14-,15+/m0/s1. The molecular formula is C15H24N2O. The third kappa shape index (κ3) is 2.36. The second-order valence-corrected chi connectivity index (χ2v) is 6.10. The van der Waals surface area contributed by atoms with Gasteiger partial charge in [0.2, 0.25) is 5.91 Å². The molecule has 4 atom stereocenters. The molecule has 0 aromatic rings. The SMILES string of the molecule is CC(=O)N1N=C(C)C[C@H]1[C@H]1[C@H](C)CC(C)=C[C@@H]1C. The maximum Gasteiger partial charge on any atom is 0.239 e. The molecule has 0 unspecified atom stereocenters. The molecule has 0 aromatic carbocycles. The Morgan fingerprint density at radius 2 is 2.00 bits per heavy atom. The first-order valence-corrected chi connectivity index (χ1v) is 6.91. The molecule has 0 saturated heterocycles. The van der Waals surface area contributed by atoms with Gasteiger partial charge in [-0.25, -0.2) is 5.01 Å². The molecule has 3 nitrogen and oxygen atoms in total. The summed E-state index contributed by atoms with van der Waals surface area (Å²) in [5.41, 5.74) is 2.57. The fraction of sp³-hybridized carbons (Fsp3) is 0.733.